The average molecular weight is 307 g/mol. The van der Waals surface area contributed by atoms with E-state index in [0.29, 0.717) is 11.3 Å². The quantitative estimate of drug-likeness (QED) is 0.548. The number of nitro groups is 1. The lowest BCUT2D eigenvalue weighted by atomic mass is 10.1. The number of aromatic nitrogens is 2. The SMILES string of the molecule is Cc1cc(-c2ccccc2)n(C(=O)c2ccc([N+](=O)[O-])cc2)n1. The lowest BCUT2D eigenvalue weighted by molar-refractivity contribution is -0.384. The van der Waals surface area contributed by atoms with E-state index in [4.69, 9.17) is 0 Å². The van der Waals surface area contributed by atoms with Gasteiger partial charge in [-0.1, -0.05) is 30.3 Å². The van der Waals surface area contributed by atoms with Crippen LogP contribution >= 0.6 is 0 Å². The van der Waals surface area contributed by atoms with Gasteiger partial charge in [0, 0.05) is 23.3 Å². The zero-order chi connectivity index (χ0) is 16.4. The Balaban J connectivity index is 2.02. The summed E-state index contributed by atoms with van der Waals surface area (Å²) in [6.45, 7) is 1.81. The number of carbonyl (C=O) groups is 1. The summed E-state index contributed by atoms with van der Waals surface area (Å²) in [7, 11) is 0. The molecule has 0 atom stereocenters. The lowest BCUT2D eigenvalue weighted by Gasteiger charge is -2.06. The van der Waals surface area contributed by atoms with Crippen LogP contribution in [0.1, 0.15) is 16.1 Å². The van der Waals surface area contributed by atoms with Gasteiger partial charge in [-0.2, -0.15) is 9.78 Å². The van der Waals surface area contributed by atoms with E-state index in [-0.39, 0.29) is 11.6 Å². The normalized spacial score (nSPS) is 10.5. The molecule has 114 valence electrons. The summed E-state index contributed by atoms with van der Waals surface area (Å²) in [6.07, 6.45) is 0. The van der Waals surface area contributed by atoms with Crippen LogP contribution in [0.4, 0.5) is 5.69 Å². The fourth-order valence-electron chi connectivity index (χ4n) is 2.32. The Morgan fingerprint density at radius 1 is 1.09 bits per heavy atom. The summed E-state index contributed by atoms with van der Waals surface area (Å²) in [5.41, 5.74) is 2.58. The number of carbonyl (C=O) groups excluding carboxylic acids is 1. The molecule has 0 aliphatic rings. The maximum atomic E-state index is 12.7. The van der Waals surface area contributed by atoms with Crippen LogP contribution < -0.4 is 0 Å². The van der Waals surface area contributed by atoms with E-state index in [2.05, 4.69) is 5.10 Å². The molecule has 0 unspecified atom stereocenters. The minimum absolute atomic E-state index is 0.0542. The van der Waals surface area contributed by atoms with Crippen LogP contribution in [0.5, 0.6) is 0 Å². The van der Waals surface area contributed by atoms with E-state index >= 15 is 0 Å². The highest BCUT2D eigenvalue weighted by atomic mass is 16.6. The van der Waals surface area contributed by atoms with Gasteiger partial charge in [-0.05, 0) is 25.1 Å². The van der Waals surface area contributed by atoms with Crippen molar-refractivity contribution in [3.8, 4) is 11.3 Å². The average Bonchev–Trinajstić information content (AvgIpc) is 2.97. The van der Waals surface area contributed by atoms with Crippen LogP contribution in [0.3, 0.4) is 0 Å². The molecule has 0 N–H and O–H groups in total. The van der Waals surface area contributed by atoms with E-state index < -0.39 is 4.92 Å². The molecule has 0 saturated carbocycles. The van der Waals surface area contributed by atoms with Gasteiger partial charge in [0.05, 0.1) is 16.3 Å². The molecule has 1 heterocycles. The molecule has 23 heavy (non-hydrogen) atoms. The summed E-state index contributed by atoms with van der Waals surface area (Å²) in [6, 6.07) is 16.8. The Kier molecular flexibility index (Phi) is 3.72. The summed E-state index contributed by atoms with van der Waals surface area (Å²) in [5, 5.41) is 15.0. The Morgan fingerprint density at radius 3 is 2.35 bits per heavy atom. The Morgan fingerprint density at radius 2 is 1.74 bits per heavy atom. The first-order chi connectivity index (χ1) is 11.1. The van der Waals surface area contributed by atoms with Crippen LogP contribution in [-0.4, -0.2) is 20.6 Å². The number of nitro benzene ring substituents is 1. The Labute approximate surface area is 132 Å². The third kappa shape index (κ3) is 2.87. The van der Waals surface area contributed by atoms with Crippen molar-refractivity contribution in [2.24, 2.45) is 0 Å². The van der Waals surface area contributed by atoms with Gasteiger partial charge >= 0.3 is 0 Å². The molecule has 0 aliphatic heterocycles. The summed E-state index contributed by atoms with van der Waals surface area (Å²) in [4.78, 5) is 22.9. The molecule has 6 heteroatoms. The third-order valence-electron chi connectivity index (χ3n) is 3.42. The summed E-state index contributed by atoms with van der Waals surface area (Å²) < 4.78 is 1.33. The molecular weight excluding hydrogens is 294 g/mol. The number of benzene rings is 2. The molecular formula is C17H13N3O3. The van der Waals surface area contributed by atoms with Gasteiger partial charge in [0.1, 0.15) is 0 Å². The van der Waals surface area contributed by atoms with E-state index in [1.54, 1.807) is 0 Å². The molecule has 0 amide bonds. The van der Waals surface area contributed by atoms with E-state index in [1.807, 2.05) is 43.3 Å². The van der Waals surface area contributed by atoms with Crippen molar-refractivity contribution >= 4 is 11.6 Å². The molecule has 2 aromatic carbocycles. The van der Waals surface area contributed by atoms with Crippen molar-refractivity contribution < 1.29 is 9.72 Å². The van der Waals surface area contributed by atoms with Crippen molar-refractivity contribution in [3.63, 3.8) is 0 Å². The molecule has 0 bridgehead atoms. The predicted octanol–water partition coefficient (Wildman–Crippen LogP) is 3.46. The highest BCUT2D eigenvalue weighted by Crippen LogP contribution is 2.22. The second-order valence-electron chi connectivity index (χ2n) is 5.06. The molecule has 0 radical (unpaired) electrons. The first kappa shape index (κ1) is 14.6. The number of nitrogens with zero attached hydrogens (tertiary/aromatic N) is 3. The zero-order valence-electron chi connectivity index (χ0n) is 12.3. The highest BCUT2D eigenvalue weighted by molar-refractivity contribution is 5.98. The standard InChI is InChI=1S/C17H13N3O3/c1-12-11-16(13-5-3-2-4-6-13)19(18-12)17(21)14-7-9-15(10-8-14)20(22)23/h2-11H,1H3. The third-order valence-corrected chi connectivity index (χ3v) is 3.42. The second-order valence-corrected chi connectivity index (χ2v) is 5.06. The predicted molar refractivity (Wildman–Crippen MR) is 85.2 cm³/mol. The zero-order valence-corrected chi connectivity index (χ0v) is 12.3. The molecule has 0 spiro atoms. The lowest BCUT2D eigenvalue weighted by Crippen LogP contribution is -2.15. The fraction of sp³-hybridized carbons (Fsp3) is 0.0588. The van der Waals surface area contributed by atoms with Gasteiger partial charge in [-0.25, -0.2) is 0 Å². The van der Waals surface area contributed by atoms with Gasteiger partial charge in [0.15, 0.2) is 0 Å². The number of hydrogen-bond acceptors (Lipinski definition) is 4. The maximum absolute atomic E-state index is 12.7. The van der Waals surface area contributed by atoms with Crippen LogP contribution in [0.15, 0.2) is 60.7 Å². The largest absolute Gasteiger partial charge is 0.278 e. The van der Waals surface area contributed by atoms with E-state index in [1.165, 1.54) is 28.9 Å². The number of aryl methyl sites for hydroxylation is 1. The molecule has 3 rings (SSSR count). The number of rotatable bonds is 3. The minimum Gasteiger partial charge on any atom is -0.267 e. The maximum Gasteiger partial charge on any atom is 0.278 e. The molecule has 0 fully saturated rings. The van der Waals surface area contributed by atoms with Crippen LogP contribution in [0.2, 0.25) is 0 Å². The van der Waals surface area contributed by atoms with Crippen LogP contribution in [-0.2, 0) is 0 Å². The van der Waals surface area contributed by atoms with Gasteiger partial charge in [0.25, 0.3) is 11.6 Å². The summed E-state index contributed by atoms with van der Waals surface area (Å²) >= 11 is 0. The van der Waals surface area contributed by atoms with Crippen molar-refractivity contribution in [1.29, 1.82) is 0 Å². The second kappa shape index (κ2) is 5.84. The van der Waals surface area contributed by atoms with Crippen molar-refractivity contribution in [2.45, 2.75) is 6.92 Å². The first-order valence-electron chi connectivity index (χ1n) is 6.97. The van der Waals surface area contributed by atoms with Gasteiger partial charge in [-0.3, -0.25) is 14.9 Å². The van der Waals surface area contributed by atoms with Crippen molar-refractivity contribution in [2.75, 3.05) is 0 Å². The molecule has 0 aliphatic carbocycles. The smallest absolute Gasteiger partial charge is 0.267 e. The Hall–Kier alpha value is -3.28. The van der Waals surface area contributed by atoms with Gasteiger partial charge in [-0.15, -0.1) is 0 Å². The molecule has 6 nitrogen and oxygen atoms in total. The molecule has 3 aromatic rings. The monoisotopic (exact) mass is 307 g/mol. The minimum atomic E-state index is -0.498. The topological polar surface area (TPSA) is 78.0 Å². The number of non-ortho nitro benzene ring substituents is 1. The van der Waals surface area contributed by atoms with Crippen molar-refractivity contribution in [1.82, 2.24) is 9.78 Å². The van der Waals surface area contributed by atoms with Gasteiger partial charge in [0.2, 0.25) is 0 Å². The van der Waals surface area contributed by atoms with Crippen molar-refractivity contribution in [3.05, 3.63) is 82.0 Å². The summed E-state index contributed by atoms with van der Waals surface area (Å²) in [5.74, 6) is -0.327. The first-order valence-corrected chi connectivity index (χ1v) is 6.97. The fourth-order valence-corrected chi connectivity index (χ4v) is 2.32. The molecule has 1 aromatic heterocycles. The number of hydrogen-bond donors (Lipinski definition) is 0. The van der Waals surface area contributed by atoms with E-state index in [9.17, 15) is 14.9 Å². The Bertz CT molecular complexity index is 868. The molecule has 0 saturated heterocycles. The van der Waals surface area contributed by atoms with Crippen LogP contribution in [0.25, 0.3) is 11.3 Å². The van der Waals surface area contributed by atoms with Crippen LogP contribution in [0, 0.1) is 17.0 Å². The highest BCUT2D eigenvalue weighted by Gasteiger charge is 2.17. The van der Waals surface area contributed by atoms with E-state index in [0.717, 1.165) is 11.3 Å². The van der Waals surface area contributed by atoms with Gasteiger partial charge < -0.3 is 0 Å².